The van der Waals surface area contributed by atoms with Crippen LogP contribution in [0.4, 0.5) is 5.69 Å². The maximum absolute atomic E-state index is 13.0. The smallest absolute Gasteiger partial charge is 0.270 e. The summed E-state index contributed by atoms with van der Waals surface area (Å²) in [6.45, 7) is 2.52. The van der Waals surface area contributed by atoms with Gasteiger partial charge in [-0.2, -0.15) is 0 Å². The van der Waals surface area contributed by atoms with E-state index in [0.29, 0.717) is 27.3 Å². The Morgan fingerprint density at radius 2 is 1.89 bits per heavy atom. The number of hydrogen-bond donors (Lipinski definition) is 0. The number of carbonyl (C=O) groups is 1. The average Bonchev–Trinajstić information content (AvgIpc) is 2.95. The van der Waals surface area contributed by atoms with E-state index in [1.165, 1.54) is 16.7 Å². The summed E-state index contributed by atoms with van der Waals surface area (Å²) in [6.07, 6.45) is 1.82. The molecule has 146 valence electrons. The van der Waals surface area contributed by atoms with Crippen molar-refractivity contribution in [1.29, 1.82) is 0 Å². The molecule has 1 heterocycles. The van der Waals surface area contributed by atoms with E-state index in [9.17, 15) is 4.79 Å². The lowest BCUT2D eigenvalue weighted by molar-refractivity contribution is -0.113. The summed E-state index contributed by atoms with van der Waals surface area (Å²) in [6, 6.07) is 11.1. The summed E-state index contributed by atoms with van der Waals surface area (Å²) < 4.78 is 17.6. The van der Waals surface area contributed by atoms with Crippen molar-refractivity contribution in [2.24, 2.45) is 0 Å². The predicted octanol–water partition coefficient (Wildman–Crippen LogP) is 5.11. The highest BCUT2D eigenvalue weighted by atomic mass is 127. The zero-order valence-electron chi connectivity index (χ0n) is 15.5. The normalized spacial score (nSPS) is 15.3. The van der Waals surface area contributed by atoms with E-state index in [1.54, 1.807) is 14.2 Å². The second kappa shape index (κ2) is 9.15. The second-order valence-corrected chi connectivity index (χ2v) is 8.52. The van der Waals surface area contributed by atoms with Crippen LogP contribution in [0.25, 0.3) is 6.08 Å². The maximum atomic E-state index is 13.0. The Morgan fingerprint density at radius 3 is 2.50 bits per heavy atom. The molecule has 0 aromatic heterocycles. The molecule has 8 heteroatoms. The van der Waals surface area contributed by atoms with Crippen LogP contribution in [-0.4, -0.2) is 31.1 Å². The first-order valence-electron chi connectivity index (χ1n) is 8.40. The Kier molecular flexibility index (Phi) is 6.84. The highest BCUT2D eigenvalue weighted by Crippen LogP contribution is 2.39. The van der Waals surface area contributed by atoms with Gasteiger partial charge in [0.05, 0.1) is 35.0 Å². The molecule has 1 fully saturated rings. The standard InChI is InChI=1S/C20H18INO4S2/c1-4-26-14-7-5-13(6-8-14)22-19(23)17(28-20(22)27)11-12-9-15(21)18(25-3)16(10-12)24-2/h5-11H,4H2,1-3H3/b17-11+. The highest BCUT2D eigenvalue weighted by Gasteiger charge is 2.33. The minimum absolute atomic E-state index is 0.149. The van der Waals surface area contributed by atoms with Gasteiger partial charge in [0, 0.05) is 0 Å². The minimum Gasteiger partial charge on any atom is -0.494 e. The van der Waals surface area contributed by atoms with Gasteiger partial charge in [0.2, 0.25) is 0 Å². The largest absolute Gasteiger partial charge is 0.494 e. The number of amides is 1. The van der Waals surface area contributed by atoms with Crippen molar-refractivity contribution >= 4 is 68.6 Å². The van der Waals surface area contributed by atoms with Gasteiger partial charge in [-0.3, -0.25) is 9.69 Å². The van der Waals surface area contributed by atoms with Gasteiger partial charge < -0.3 is 14.2 Å². The number of ether oxygens (including phenoxy) is 3. The molecule has 0 unspecified atom stereocenters. The molecule has 1 aliphatic heterocycles. The molecule has 1 amide bonds. The van der Waals surface area contributed by atoms with Crippen molar-refractivity contribution in [3.8, 4) is 17.2 Å². The Labute approximate surface area is 187 Å². The molecular weight excluding hydrogens is 509 g/mol. The number of thioether (sulfide) groups is 1. The van der Waals surface area contributed by atoms with Crippen molar-refractivity contribution in [3.63, 3.8) is 0 Å². The number of methoxy groups -OCH3 is 2. The summed E-state index contributed by atoms with van der Waals surface area (Å²) >= 11 is 8.90. The topological polar surface area (TPSA) is 48.0 Å². The molecule has 3 rings (SSSR count). The van der Waals surface area contributed by atoms with Crippen LogP contribution in [0.15, 0.2) is 41.3 Å². The third-order valence-corrected chi connectivity index (χ3v) is 6.06. The van der Waals surface area contributed by atoms with Crippen LogP contribution in [0.1, 0.15) is 12.5 Å². The molecule has 0 atom stereocenters. The summed E-state index contributed by atoms with van der Waals surface area (Å²) in [4.78, 5) is 15.0. The first kappa shape index (κ1) is 20.9. The van der Waals surface area contributed by atoms with Crippen LogP contribution >= 0.6 is 46.6 Å². The molecule has 5 nitrogen and oxygen atoms in total. The zero-order valence-corrected chi connectivity index (χ0v) is 19.3. The number of nitrogens with zero attached hydrogens (tertiary/aromatic N) is 1. The van der Waals surface area contributed by atoms with Gasteiger partial charge in [0.15, 0.2) is 15.8 Å². The number of rotatable bonds is 6. The van der Waals surface area contributed by atoms with Gasteiger partial charge in [-0.15, -0.1) is 0 Å². The van der Waals surface area contributed by atoms with Crippen LogP contribution in [0, 0.1) is 3.57 Å². The van der Waals surface area contributed by atoms with Crippen molar-refractivity contribution in [1.82, 2.24) is 0 Å². The average molecular weight is 527 g/mol. The fourth-order valence-electron chi connectivity index (χ4n) is 2.72. The van der Waals surface area contributed by atoms with E-state index >= 15 is 0 Å². The first-order chi connectivity index (χ1) is 13.5. The molecular formula is C20H18INO4S2. The number of thiocarbonyl (C=S) groups is 1. The van der Waals surface area contributed by atoms with E-state index in [2.05, 4.69) is 22.6 Å². The molecule has 0 N–H and O–H groups in total. The highest BCUT2D eigenvalue weighted by molar-refractivity contribution is 14.1. The molecule has 2 aromatic rings. The van der Waals surface area contributed by atoms with Crippen LogP contribution in [0.5, 0.6) is 17.2 Å². The van der Waals surface area contributed by atoms with Gasteiger partial charge in [0.25, 0.3) is 5.91 Å². The fraction of sp³-hybridized carbons (Fsp3) is 0.200. The van der Waals surface area contributed by atoms with Gasteiger partial charge in [-0.05, 0) is 77.6 Å². The van der Waals surface area contributed by atoms with Crippen LogP contribution < -0.4 is 19.1 Å². The molecule has 1 aliphatic rings. The minimum atomic E-state index is -0.149. The summed E-state index contributed by atoms with van der Waals surface area (Å²) in [5.41, 5.74) is 1.56. The van der Waals surface area contributed by atoms with E-state index in [1.807, 2.05) is 49.4 Å². The van der Waals surface area contributed by atoms with Gasteiger partial charge in [-0.25, -0.2) is 0 Å². The van der Waals surface area contributed by atoms with Crippen LogP contribution in [0.3, 0.4) is 0 Å². The van der Waals surface area contributed by atoms with Crippen molar-refractivity contribution in [3.05, 3.63) is 50.4 Å². The third-order valence-electron chi connectivity index (χ3n) is 3.95. The Hall–Kier alpha value is -1.78. The molecule has 0 bridgehead atoms. The fourth-order valence-corrected chi connectivity index (χ4v) is 4.87. The van der Waals surface area contributed by atoms with E-state index in [0.717, 1.165) is 20.6 Å². The van der Waals surface area contributed by atoms with Crippen molar-refractivity contribution < 1.29 is 19.0 Å². The SMILES string of the molecule is CCOc1ccc(N2C(=O)/C(=C\c3cc(I)c(OC)c(OC)c3)SC2=S)cc1. The number of halogens is 1. The number of carbonyl (C=O) groups excluding carboxylic acids is 1. The number of benzene rings is 2. The Bertz CT molecular complexity index is 944. The Balaban J connectivity index is 1.90. The van der Waals surface area contributed by atoms with Crippen molar-refractivity contribution in [2.45, 2.75) is 6.92 Å². The van der Waals surface area contributed by atoms with E-state index < -0.39 is 0 Å². The quantitative estimate of drug-likeness (QED) is 0.296. The monoisotopic (exact) mass is 527 g/mol. The molecule has 0 radical (unpaired) electrons. The first-order valence-corrected chi connectivity index (χ1v) is 10.7. The molecule has 28 heavy (non-hydrogen) atoms. The lowest BCUT2D eigenvalue weighted by atomic mass is 10.2. The van der Waals surface area contributed by atoms with E-state index in [4.69, 9.17) is 26.4 Å². The van der Waals surface area contributed by atoms with Gasteiger partial charge in [-0.1, -0.05) is 24.0 Å². The summed E-state index contributed by atoms with van der Waals surface area (Å²) in [5.74, 6) is 1.89. The van der Waals surface area contributed by atoms with Gasteiger partial charge in [0.1, 0.15) is 5.75 Å². The summed E-state index contributed by atoms with van der Waals surface area (Å²) in [7, 11) is 3.19. The molecule has 0 aliphatic carbocycles. The predicted molar refractivity (Wildman–Crippen MR) is 126 cm³/mol. The third kappa shape index (κ3) is 4.28. The van der Waals surface area contributed by atoms with Crippen LogP contribution in [0.2, 0.25) is 0 Å². The molecule has 0 spiro atoms. The van der Waals surface area contributed by atoms with Crippen LogP contribution in [-0.2, 0) is 4.79 Å². The molecule has 2 aromatic carbocycles. The number of hydrogen-bond acceptors (Lipinski definition) is 6. The Morgan fingerprint density at radius 1 is 1.18 bits per heavy atom. The zero-order chi connectivity index (χ0) is 20.3. The summed E-state index contributed by atoms with van der Waals surface area (Å²) in [5, 5.41) is 0. The van der Waals surface area contributed by atoms with Gasteiger partial charge >= 0.3 is 0 Å². The maximum Gasteiger partial charge on any atom is 0.270 e. The van der Waals surface area contributed by atoms with Crippen molar-refractivity contribution in [2.75, 3.05) is 25.7 Å². The number of anilines is 1. The molecule has 0 saturated carbocycles. The molecule has 1 saturated heterocycles. The lowest BCUT2D eigenvalue weighted by Crippen LogP contribution is -2.27. The van der Waals surface area contributed by atoms with E-state index in [-0.39, 0.29) is 5.91 Å². The second-order valence-electron chi connectivity index (χ2n) is 5.68. The lowest BCUT2D eigenvalue weighted by Gasteiger charge is -2.15.